The number of hydrogen-bond acceptors (Lipinski definition) is 3. The second kappa shape index (κ2) is 7.09. The molecule has 2 aromatic carbocycles. The molecule has 0 atom stereocenters. The Morgan fingerprint density at radius 3 is 2.43 bits per heavy atom. The Hall–Kier alpha value is -2.62. The van der Waals surface area contributed by atoms with Gasteiger partial charge in [-0.05, 0) is 35.2 Å². The van der Waals surface area contributed by atoms with Crippen LogP contribution in [0.5, 0.6) is 5.75 Å². The first kappa shape index (κ1) is 16.7. The Balaban J connectivity index is 1.90. The fourth-order valence-electron chi connectivity index (χ4n) is 2.09. The quantitative estimate of drug-likeness (QED) is 0.854. The minimum Gasteiger partial charge on any atom is -0.484 e. The van der Waals surface area contributed by atoms with Gasteiger partial charge >= 0.3 is 0 Å². The third-order valence-corrected chi connectivity index (χ3v) is 3.40. The molecule has 0 aromatic heterocycles. The molecule has 0 fully saturated rings. The van der Waals surface area contributed by atoms with Gasteiger partial charge in [-0.25, -0.2) is 0 Å². The minimum absolute atomic E-state index is 0.0828. The molecule has 0 radical (unpaired) electrons. The fourth-order valence-corrected chi connectivity index (χ4v) is 2.09. The maximum absolute atomic E-state index is 11.9. The van der Waals surface area contributed by atoms with Crippen molar-refractivity contribution in [1.29, 1.82) is 0 Å². The van der Waals surface area contributed by atoms with Gasteiger partial charge in [-0.3, -0.25) is 9.59 Å². The van der Waals surface area contributed by atoms with E-state index in [-0.39, 0.29) is 17.9 Å². The summed E-state index contributed by atoms with van der Waals surface area (Å²) in [4.78, 5) is 22.6. The van der Waals surface area contributed by atoms with Crippen molar-refractivity contribution in [2.45, 2.75) is 26.2 Å². The second-order valence-electron chi connectivity index (χ2n) is 6.35. The van der Waals surface area contributed by atoms with Crippen molar-refractivity contribution < 1.29 is 14.3 Å². The Kier molecular flexibility index (Phi) is 5.16. The SMILES string of the molecule is CC(C)(C)c1ccc(OCC(=O)Nc2cccc(C=O)c2)cc1. The molecular formula is C19H21NO3. The zero-order chi connectivity index (χ0) is 16.9. The average Bonchev–Trinajstić information content (AvgIpc) is 2.52. The number of carbonyl (C=O) groups is 2. The van der Waals surface area contributed by atoms with Crippen molar-refractivity contribution >= 4 is 17.9 Å². The first-order valence-electron chi connectivity index (χ1n) is 7.47. The monoisotopic (exact) mass is 311 g/mol. The van der Waals surface area contributed by atoms with Gasteiger partial charge in [0.2, 0.25) is 0 Å². The van der Waals surface area contributed by atoms with Crippen molar-refractivity contribution in [2.75, 3.05) is 11.9 Å². The van der Waals surface area contributed by atoms with Crippen molar-refractivity contribution in [2.24, 2.45) is 0 Å². The summed E-state index contributed by atoms with van der Waals surface area (Å²) in [6, 6.07) is 14.5. The van der Waals surface area contributed by atoms with Crippen LogP contribution in [0.4, 0.5) is 5.69 Å². The number of ether oxygens (including phenoxy) is 1. The standard InChI is InChI=1S/C19H21NO3/c1-19(2,3)15-7-9-17(10-8-15)23-13-18(22)20-16-6-4-5-14(11-16)12-21/h4-12H,13H2,1-3H3,(H,20,22). The summed E-state index contributed by atoms with van der Waals surface area (Å²) in [5.41, 5.74) is 2.38. The lowest BCUT2D eigenvalue weighted by molar-refractivity contribution is -0.118. The highest BCUT2D eigenvalue weighted by atomic mass is 16.5. The number of aldehydes is 1. The van der Waals surface area contributed by atoms with Gasteiger partial charge in [-0.1, -0.05) is 45.0 Å². The van der Waals surface area contributed by atoms with Crippen molar-refractivity contribution in [3.63, 3.8) is 0 Å². The molecule has 0 bridgehead atoms. The van der Waals surface area contributed by atoms with Crippen molar-refractivity contribution in [1.82, 2.24) is 0 Å². The summed E-state index contributed by atoms with van der Waals surface area (Å²) >= 11 is 0. The smallest absolute Gasteiger partial charge is 0.262 e. The van der Waals surface area contributed by atoms with Gasteiger partial charge in [-0.2, -0.15) is 0 Å². The maximum atomic E-state index is 11.9. The molecule has 0 aliphatic carbocycles. The Bertz CT molecular complexity index is 685. The predicted molar refractivity (Wildman–Crippen MR) is 91.1 cm³/mol. The molecule has 23 heavy (non-hydrogen) atoms. The number of carbonyl (C=O) groups excluding carboxylic acids is 2. The first-order chi connectivity index (χ1) is 10.9. The van der Waals surface area contributed by atoms with E-state index in [2.05, 4.69) is 26.1 Å². The van der Waals surface area contributed by atoms with Gasteiger partial charge in [0.05, 0.1) is 0 Å². The van der Waals surface area contributed by atoms with E-state index in [9.17, 15) is 9.59 Å². The van der Waals surface area contributed by atoms with Crippen LogP contribution in [0, 0.1) is 0 Å². The molecule has 0 unspecified atom stereocenters. The predicted octanol–water partition coefficient (Wildman–Crippen LogP) is 3.81. The fraction of sp³-hybridized carbons (Fsp3) is 0.263. The molecule has 2 aromatic rings. The molecule has 4 nitrogen and oxygen atoms in total. The molecule has 1 amide bonds. The normalized spacial score (nSPS) is 10.9. The molecule has 0 aliphatic rings. The van der Waals surface area contributed by atoms with E-state index in [1.54, 1.807) is 24.3 Å². The average molecular weight is 311 g/mol. The van der Waals surface area contributed by atoms with Gasteiger partial charge < -0.3 is 10.1 Å². The summed E-state index contributed by atoms with van der Waals surface area (Å²) in [7, 11) is 0. The molecule has 4 heteroatoms. The largest absolute Gasteiger partial charge is 0.484 e. The summed E-state index contributed by atoms with van der Waals surface area (Å²) in [5, 5.41) is 2.70. The molecule has 0 spiro atoms. The zero-order valence-electron chi connectivity index (χ0n) is 13.6. The molecule has 120 valence electrons. The summed E-state index contributed by atoms with van der Waals surface area (Å²) in [6.45, 7) is 6.34. The third kappa shape index (κ3) is 4.95. The molecule has 0 saturated carbocycles. The number of benzene rings is 2. The number of hydrogen-bond donors (Lipinski definition) is 1. The minimum atomic E-state index is -0.270. The number of anilines is 1. The van der Waals surface area contributed by atoms with Crippen LogP contribution in [-0.4, -0.2) is 18.8 Å². The van der Waals surface area contributed by atoms with Gasteiger partial charge in [-0.15, -0.1) is 0 Å². The highest BCUT2D eigenvalue weighted by Gasteiger charge is 2.13. The lowest BCUT2D eigenvalue weighted by Crippen LogP contribution is -2.20. The molecule has 0 heterocycles. The van der Waals surface area contributed by atoms with Crippen molar-refractivity contribution in [3.05, 3.63) is 59.7 Å². The molecule has 1 N–H and O–H groups in total. The van der Waals surface area contributed by atoms with Crippen LogP contribution in [0.2, 0.25) is 0 Å². The molecular weight excluding hydrogens is 290 g/mol. The summed E-state index contributed by atoms with van der Waals surface area (Å²) < 4.78 is 5.48. The molecule has 2 rings (SSSR count). The second-order valence-corrected chi connectivity index (χ2v) is 6.35. The van der Waals surface area contributed by atoms with E-state index in [4.69, 9.17) is 4.74 Å². The van der Waals surface area contributed by atoms with E-state index in [1.165, 1.54) is 5.56 Å². The topological polar surface area (TPSA) is 55.4 Å². The van der Waals surface area contributed by atoms with Crippen LogP contribution in [0.15, 0.2) is 48.5 Å². The number of nitrogens with one attached hydrogen (secondary N) is 1. The van der Waals surface area contributed by atoms with Gasteiger partial charge in [0.25, 0.3) is 5.91 Å². The van der Waals surface area contributed by atoms with Crippen LogP contribution in [0.3, 0.4) is 0 Å². The van der Waals surface area contributed by atoms with Crippen LogP contribution < -0.4 is 10.1 Å². The van der Waals surface area contributed by atoms with Gasteiger partial charge in [0.1, 0.15) is 12.0 Å². The third-order valence-electron chi connectivity index (χ3n) is 3.40. The Morgan fingerprint density at radius 1 is 1.13 bits per heavy atom. The van der Waals surface area contributed by atoms with Crippen LogP contribution in [0.1, 0.15) is 36.7 Å². The van der Waals surface area contributed by atoms with Gasteiger partial charge in [0.15, 0.2) is 6.61 Å². The lowest BCUT2D eigenvalue weighted by atomic mass is 9.87. The number of amides is 1. The highest BCUT2D eigenvalue weighted by Crippen LogP contribution is 2.24. The van der Waals surface area contributed by atoms with Crippen LogP contribution in [-0.2, 0) is 10.2 Å². The zero-order valence-corrected chi connectivity index (χ0v) is 13.6. The van der Waals surface area contributed by atoms with Crippen LogP contribution >= 0.6 is 0 Å². The Labute approximate surface area is 136 Å². The highest BCUT2D eigenvalue weighted by molar-refractivity contribution is 5.92. The first-order valence-corrected chi connectivity index (χ1v) is 7.47. The van der Waals surface area contributed by atoms with E-state index < -0.39 is 0 Å². The lowest BCUT2D eigenvalue weighted by Gasteiger charge is -2.19. The van der Waals surface area contributed by atoms with E-state index in [1.807, 2.05) is 24.3 Å². The van der Waals surface area contributed by atoms with E-state index in [0.717, 1.165) is 6.29 Å². The van der Waals surface area contributed by atoms with E-state index in [0.29, 0.717) is 17.0 Å². The molecule has 0 saturated heterocycles. The summed E-state index contributed by atoms with van der Waals surface area (Å²) in [5.74, 6) is 0.378. The molecule has 0 aliphatic heterocycles. The van der Waals surface area contributed by atoms with Gasteiger partial charge in [0, 0.05) is 11.3 Å². The van der Waals surface area contributed by atoms with E-state index >= 15 is 0 Å². The summed E-state index contributed by atoms with van der Waals surface area (Å²) in [6.07, 6.45) is 0.739. The number of rotatable bonds is 5. The maximum Gasteiger partial charge on any atom is 0.262 e. The van der Waals surface area contributed by atoms with Crippen LogP contribution in [0.25, 0.3) is 0 Å². The van der Waals surface area contributed by atoms with Crippen molar-refractivity contribution in [3.8, 4) is 5.75 Å². The Morgan fingerprint density at radius 2 is 1.83 bits per heavy atom.